The van der Waals surface area contributed by atoms with E-state index in [1.807, 2.05) is 46.9 Å². The van der Waals surface area contributed by atoms with Crippen LogP contribution >= 0.6 is 34.8 Å². The van der Waals surface area contributed by atoms with Crippen LogP contribution in [0.3, 0.4) is 0 Å². The topological polar surface area (TPSA) is 47.3 Å². The Morgan fingerprint density at radius 3 is 1.79 bits per heavy atom. The summed E-state index contributed by atoms with van der Waals surface area (Å²) in [7, 11) is 2.01. The highest BCUT2D eigenvalue weighted by molar-refractivity contribution is 6.29. The van der Waals surface area contributed by atoms with E-state index in [-0.39, 0.29) is 11.5 Å². The van der Waals surface area contributed by atoms with Gasteiger partial charge in [0, 0.05) is 31.8 Å². The third-order valence-electron chi connectivity index (χ3n) is 3.28. The predicted octanol–water partition coefficient (Wildman–Crippen LogP) is 8.60. The Hall–Kier alpha value is -1.70. The van der Waals surface area contributed by atoms with E-state index in [0.717, 1.165) is 17.3 Å². The highest BCUT2D eigenvalue weighted by atomic mass is 35.5. The third kappa shape index (κ3) is 35.1. The summed E-state index contributed by atoms with van der Waals surface area (Å²) in [6, 6.07) is 10.3. The van der Waals surface area contributed by atoms with E-state index >= 15 is 0 Å². The van der Waals surface area contributed by atoms with Crippen molar-refractivity contribution >= 4 is 34.8 Å². The molecule has 0 amide bonds. The molecule has 0 aliphatic rings. The molecule has 188 valence electrons. The Kier molecular flexibility index (Phi) is 33.1. The second-order valence-electron chi connectivity index (χ2n) is 6.97. The van der Waals surface area contributed by atoms with Crippen LogP contribution in [0.2, 0.25) is 0 Å². The van der Waals surface area contributed by atoms with Crippen molar-refractivity contribution in [3.63, 3.8) is 0 Å². The summed E-state index contributed by atoms with van der Waals surface area (Å²) in [6.07, 6.45) is 6.62. The lowest BCUT2D eigenvalue weighted by Crippen LogP contribution is -2.14. The summed E-state index contributed by atoms with van der Waals surface area (Å²) >= 11 is 16.7. The van der Waals surface area contributed by atoms with Gasteiger partial charge < -0.3 is 10.0 Å². The van der Waals surface area contributed by atoms with Crippen LogP contribution in [0.25, 0.3) is 0 Å². The summed E-state index contributed by atoms with van der Waals surface area (Å²) < 4.78 is 0. The molecule has 0 saturated carbocycles. The van der Waals surface area contributed by atoms with Crippen LogP contribution < -0.4 is 0 Å². The van der Waals surface area contributed by atoms with Gasteiger partial charge in [0.05, 0.1) is 12.2 Å². The van der Waals surface area contributed by atoms with Gasteiger partial charge >= 0.3 is 0 Å². The Balaban J connectivity index is -0.000000193. The van der Waals surface area contributed by atoms with Gasteiger partial charge in [-0.3, -0.25) is 0 Å². The molecule has 0 aliphatic carbocycles. The van der Waals surface area contributed by atoms with E-state index in [2.05, 4.69) is 49.2 Å². The summed E-state index contributed by atoms with van der Waals surface area (Å²) in [5.41, 5.74) is 3.71. The molecule has 33 heavy (non-hydrogen) atoms. The first-order valence-corrected chi connectivity index (χ1v) is 11.9. The quantitative estimate of drug-likeness (QED) is 0.233. The van der Waals surface area contributed by atoms with Gasteiger partial charge in [0.2, 0.25) is 0 Å². The van der Waals surface area contributed by atoms with Crippen molar-refractivity contribution in [3.8, 4) is 6.07 Å². The fourth-order valence-corrected chi connectivity index (χ4v) is 1.75. The van der Waals surface area contributed by atoms with Crippen LogP contribution in [-0.2, 0) is 6.54 Å². The largest absolute Gasteiger partial charge is 0.389 e. The minimum Gasteiger partial charge on any atom is -0.389 e. The predicted molar refractivity (Wildman–Crippen MR) is 151 cm³/mol. The van der Waals surface area contributed by atoms with Crippen LogP contribution in [0.15, 0.2) is 72.5 Å². The maximum atomic E-state index is 8.24. The average Bonchev–Trinajstić information content (AvgIpc) is 2.77. The van der Waals surface area contributed by atoms with Crippen LogP contribution in [0.5, 0.6) is 0 Å². The number of hydrogen-bond donors (Lipinski definition) is 1. The zero-order chi connectivity index (χ0) is 26.8. The molecule has 1 rings (SSSR count). The average molecular weight is 518 g/mol. The van der Waals surface area contributed by atoms with Gasteiger partial charge in [0.25, 0.3) is 0 Å². The second kappa shape index (κ2) is 28.3. The van der Waals surface area contributed by atoms with E-state index in [9.17, 15) is 0 Å². The highest BCUT2D eigenvalue weighted by Gasteiger charge is 2.03. The number of nitrogens with zero attached hydrogens (tertiary/aromatic N) is 2. The molecule has 6 heteroatoms. The minimum absolute atomic E-state index is 0.120. The molecule has 1 aromatic carbocycles. The van der Waals surface area contributed by atoms with Crippen LogP contribution in [0.1, 0.15) is 52.7 Å². The molecule has 2 unspecified atom stereocenters. The van der Waals surface area contributed by atoms with E-state index < -0.39 is 0 Å². The van der Waals surface area contributed by atoms with E-state index in [1.165, 1.54) is 24.1 Å². The molecule has 2 atom stereocenters. The third-order valence-corrected chi connectivity index (χ3v) is 4.30. The number of aliphatic hydroxyl groups excluding tert-OH is 1. The zero-order valence-electron chi connectivity index (χ0n) is 21.6. The smallest absolute Gasteiger partial charge is 0.103 e. The molecule has 3 nitrogen and oxygen atoms in total. The first kappa shape index (κ1) is 38.6. The van der Waals surface area contributed by atoms with Crippen LogP contribution in [0, 0.1) is 18.3 Å². The number of aliphatic hydroxyl groups is 1. The number of halogens is 3. The van der Waals surface area contributed by atoms with E-state index in [0.29, 0.717) is 5.88 Å². The summed E-state index contributed by atoms with van der Waals surface area (Å²) in [5.74, 6) is 0.635. The summed E-state index contributed by atoms with van der Waals surface area (Å²) in [6.45, 7) is 20.6. The molecule has 0 saturated heterocycles. The van der Waals surface area contributed by atoms with Crippen LogP contribution in [0.4, 0.5) is 0 Å². The summed E-state index contributed by atoms with van der Waals surface area (Å²) in [5, 5.41) is 16.5. The van der Waals surface area contributed by atoms with Gasteiger partial charge in [-0.25, -0.2) is 0 Å². The van der Waals surface area contributed by atoms with Gasteiger partial charge in [-0.2, -0.15) is 5.26 Å². The van der Waals surface area contributed by atoms with Gasteiger partial charge in [0.1, 0.15) is 5.16 Å². The minimum atomic E-state index is -0.352. The first-order chi connectivity index (χ1) is 15.4. The van der Waals surface area contributed by atoms with E-state index in [4.69, 9.17) is 45.2 Å². The fraction of sp³-hybridized carbons (Fsp3) is 0.444. The van der Waals surface area contributed by atoms with Crippen molar-refractivity contribution in [2.45, 2.75) is 66.5 Å². The van der Waals surface area contributed by atoms with Crippen molar-refractivity contribution in [1.82, 2.24) is 4.90 Å². The van der Waals surface area contributed by atoms with Gasteiger partial charge in [-0.15, -0.1) is 36.4 Å². The Bertz CT molecular complexity index is 672. The number of hydrogen-bond acceptors (Lipinski definition) is 3. The number of allylic oxidation sites excluding steroid dienone is 4. The monoisotopic (exact) mass is 516 g/mol. The zero-order valence-corrected chi connectivity index (χ0v) is 23.8. The lowest BCUT2D eigenvalue weighted by atomic mass is 10.1. The van der Waals surface area contributed by atoms with Crippen LogP contribution in [-0.4, -0.2) is 34.4 Å². The highest BCUT2D eigenvalue weighted by Crippen LogP contribution is 2.16. The van der Waals surface area contributed by atoms with Crippen molar-refractivity contribution in [3.05, 3.63) is 83.6 Å². The normalized spacial score (nSPS) is 10.5. The molecule has 0 radical (unpaired) electrons. The molecular formula is C27H43Cl3N2O. The number of benzene rings is 1. The van der Waals surface area contributed by atoms with Crippen molar-refractivity contribution in [2.75, 3.05) is 12.9 Å². The number of alkyl halides is 2. The molecule has 0 heterocycles. The molecule has 1 N–H and O–H groups in total. The molecule has 0 bridgehead atoms. The Labute approximate surface area is 218 Å². The number of rotatable bonds is 6. The van der Waals surface area contributed by atoms with Gasteiger partial charge in [-0.05, 0) is 52.7 Å². The van der Waals surface area contributed by atoms with Crippen molar-refractivity contribution < 1.29 is 5.11 Å². The van der Waals surface area contributed by atoms with Crippen molar-refractivity contribution in [2.24, 2.45) is 0 Å². The number of nitriles is 1. The Morgan fingerprint density at radius 2 is 1.58 bits per heavy atom. The van der Waals surface area contributed by atoms with E-state index in [1.54, 1.807) is 19.1 Å². The lowest BCUT2D eigenvalue weighted by molar-refractivity contribution is 0.244. The molecule has 0 aliphatic heterocycles. The van der Waals surface area contributed by atoms with Crippen molar-refractivity contribution in [1.29, 1.82) is 5.26 Å². The molecule has 0 spiro atoms. The maximum Gasteiger partial charge on any atom is 0.103 e. The van der Waals surface area contributed by atoms with Gasteiger partial charge in [0.15, 0.2) is 0 Å². The van der Waals surface area contributed by atoms with Gasteiger partial charge in [-0.1, -0.05) is 65.7 Å². The fourth-order valence-electron chi connectivity index (χ4n) is 1.51. The molecule has 0 aromatic heterocycles. The standard InChI is InChI=1S/C13H18ClN.2C4H7Cl.C4H8O.C2H3N/c1-10(2)13(14)15(4)9-12-7-5-11(3)6-8-12;1-3-4(2)5;1-2-3-4-5;1-3-4(2)5;1-2-3/h5-8H,9H2,1-4H3;3-4H,1H2,2H3;2-3H,4H2,1H3;3-5H,1H2,2H3;1H3/b;;3-2+;;. The molecule has 0 fully saturated rings. The lowest BCUT2D eigenvalue weighted by Gasteiger charge is -2.19. The SMILES string of the molecule is C/C=C/CCl.C=CC(C)Cl.C=CC(C)O.CC#N.CC(C)=C(Cl)N(C)Cc1ccc(C)cc1. The number of aryl methyl sites for hydroxylation is 1. The second-order valence-corrected chi connectivity index (χ2v) is 8.32. The Morgan fingerprint density at radius 1 is 1.18 bits per heavy atom. The first-order valence-electron chi connectivity index (χ1n) is 10.5. The molecular weight excluding hydrogens is 475 g/mol. The molecule has 1 aromatic rings. The summed E-state index contributed by atoms with van der Waals surface area (Å²) in [4.78, 5) is 2.06. The maximum absolute atomic E-state index is 8.24.